The van der Waals surface area contributed by atoms with Gasteiger partial charge in [-0.2, -0.15) is 4.68 Å². The van der Waals surface area contributed by atoms with Crippen LogP contribution >= 0.6 is 11.6 Å². The number of methoxy groups -OCH3 is 1. The van der Waals surface area contributed by atoms with Crippen molar-refractivity contribution >= 4 is 34.8 Å². The number of benzene rings is 2. The molecular weight excluding hydrogens is 408 g/mol. The molecule has 0 spiro atoms. The van der Waals surface area contributed by atoms with Gasteiger partial charge < -0.3 is 15.4 Å². The topological polar surface area (TPSA) is 111 Å². The first-order valence-electron chi connectivity index (χ1n) is 9.03. The van der Waals surface area contributed by atoms with Gasteiger partial charge in [-0.05, 0) is 34.7 Å². The van der Waals surface area contributed by atoms with E-state index in [9.17, 15) is 9.59 Å². The lowest BCUT2D eigenvalue weighted by molar-refractivity contribution is -0.123. The Hall–Kier alpha value is -3.46. The third kappa shape index (κ3) is 4.74. The fourth-order valence-corrected chi connectivity index (χ4v) is 2.78. The zero-order valence-corrected chi connectivity index (χ0v) is 17.7. The summed E-state index contributed by atoms with van der Waals surface area (Å²) in [5, 5.41) is 16.8. The molecular formula is C20H21ClN6O3. The van der Waals surface area contributed by atoms with E-state index < -0.39 is 11.3 Å². The lowest BCUT2D eigenvalue weighted by atomic mass is 9.95. The number of tetrazole rings is 1. The van der Waals surface area contributed by atoms with Gasteiger partial charge in [0.15, 0.2) is 0 Å². The third-order valence-electron chi connectivity index (χ3n) is 4.17. The molecule has 3 rings (SSSR count). The van der Waals surface area contributed by atoms with E-state index in [1.807, 2.05) is 20.8 Å². The van der Waals surface area contributed by atoms with Crippen LogP contribution in [0, 0.1) is 5.41 Å². The van der Waals surface area contributed by atoms with Crippen LogP contribution in [0.5, 0.6) is 5.75 Å². The van der Waals surface area contributed by atoms with Crippen LogP contribution < -0.4 is 15.4 Å². The summed E-state index contributed by atoms with van der Waals surface area (Å²) in [5.74, 6) is -0.242. The van der Waals surface area contributed by atoms with Crippen molar-refractivity contribution in [3.05, 3.63) is 53.3 Å². The van der Waals surface area contributed by atoms with E-state index in [2.05, 4.69) is 26.2 Å². The minimum Gasteiger partial charge on any atom is -0.496 e. The zero-order chi connectivity index (χ0) is 21.9. The Morgan fingerprint density at radius 2 is 1.80 bits per heavy atom. The third-order valence-corrected chi connectivity index (χ3v) is 4.47. The summed E-state index contributed by atoms with van der Waals surface area (Å²) in [6.45, 7) is 5.47. The van der Waals surface area contributed by atoms with Gasteiger partial charge in [0.05, 0.1) is 23.4 Å². The maximum atomic E-state index is 12.9. The minimum absolute atomic E-state index is 0.127. The number of hydrogen-bond acceptors (Lipinski definition) is 6. The molecule has 0 saturated carbocycles. The molecule has 0 radical (unpaired) electrons. The summed E-state index contributed by atoms with van der Waals surface area (Å²) in [6.07, 6.45) is 1.39. The van der Waals surface area contributed by atoms with Gasteiger partial charge in [-0.15, -0.1) is 5.10 Å². The number of ether oxygens (including phenoxy) is 1. The highest BCUT2D eigenvalue weighted by Gasteiger charge is 2.21. The number of carbonyl (C=O) groups excluding carboxylic acids is 2. The van der Waals surface area contributed by atoms with Crippen molar-refractivity contribution < 1.29 is 14.3 Å². The van der Waals surface area contributed by atoms with E-state index in [0.717, 1.165) is 0 Å². The first-order valence-corrected chi connectivity index (χ1v) is 9.40. The fourth-order valence-electron chi connectivity index (χ4n) is 2.53. The molecule has 2 N–H and O–H groups in total. The molecule has 1 heterocycles. The summed E-state index contributed by atoms with van der Waals surface area (Å²) >= 11 is 6.32. The standard InChI is InChI=1S/C20H21ClN6O3/c1-20(2,3)19(29)24-13-7-5-6-12(8-13)23-18(28)14-9-15(21)16(10-17(14)30-4)27-11-22-25-26-27/h5-11H,1-4H3,(H,23,28)(H,24,29). The molecule has 0 aliphatic carbocycles. The van der Waals surface area contributed by atoms with Gasteiger partial charge in [0.25, 0.3) is 5.91 Å². The predicted octanol–water partition coefficient (Wildman–Crippen LogP) is 3.56. The van der Waals surface area contributed by atoms with Crippen molar-refractivity contribution in [2.45, 2.75) is 20.8 Å². The zero-order valence-electron chi connectivity index (χ0n) is 16.9. The van der Waals surface area contributed by atoms with Crippen LogP contribution in [0.3, 0.4) is 0 Å². The molecule has 10 heteroatoms. The number of anilines is 2. The van der Waals surface area contributed by atoms with Gasteiger partial charge in [-0.3, -0.25) is 9.59 Å². The second kappa shape index (κ2) is 8.50. The van der Waals surface area contributed by atoms with Crippen LogP contribution in [0.15, 0.2) is 42.7 Å². The molecule has 0 unspecified atom stereocenters. The Balaban J connectivity index is 1.83. The smallest absolute Gasteiger partial charge is 0.259 e. The number of nitrogens with one attached hydrogen (secondary N) is 2. The highest BCUT2D eigenvalue weighted by atomic mass is 35.5. The lowest BCUT2D eigenvalue weighted by Gasteiger charge is -2.18. The van der Waals surface area contributed by atoms with E-state index in [0.29, 0.717) is 22.8 Å². The van der Waals surface area contributed by atoms with E-state index in [-0.39, 0.29) is 16.5 Å². The molecule has 2 amide bonds. The Bertz CT molecular complexity index is 1080. The summed E-state index contributed by atoms with van der Waals surface area (Å²) in [5.41, 5.74) is 1.26. The lowest BCUT2D eigenvalue weighted by Crippen LogP contribution is -2.27. The molecule has 0 aliphatic heterocycles. The van der Waals surface area contributed by atoms with Crippen LogP contribution in [-0.2, 0) is 4.79 Å². The van der Waals surface area contributed by atoms with Crippen LogP contribution in [-0.4, -0.2) is 39.1 Å². The number of hydrogen-bond donors (Lipinski definition) is 2. The molecule has 156 valence electrons. The van der Waals surface area contributed by atoms with Crippen molar-refractivity contribution in [3.63, 3.8) is 0 Å². The molecule has 9 nitrogen and oxygen atoms in total. The van der Waals surface area contributed by atoms with Crippen LogP contribution in [0.4, 0.5) is 11.4 Å². The first-order chi connectivity index (χ1) is 14.2. The normalized spacial score (nSPS) is 11.1. The van der Waals surface area contributed by atoms with Gasteiger partial charge in [0.2, 0.25) is 5.91 Å². The average Bonchev–Trinajstić information content (AvgIpc) is 3.21. The number of rotatable bonds is 5. The summed E-state index contributed by atoms with van der Waals surface area (Å²) in [6, 6.07) is 9.93. The van der Waals surface area contributed by atoms with Crippen molar-refractivity contribution in [2.75, 3.05) is 17.7 Å². The highest BCUT2D eigenvalue weighted by molar-refractivity contribution is 6.33. The molecule has 2 aromatic carbocycles. The predicted molar refractivity (Wildman–Crippen MR) is 113 cm³/mol. The summed E-state index contributed by atoms with van der Waals surface area (Å²) in [7, 11) is 1.45. The molecule has 3 aromatic rings. The molecule has 0 saturated heterocycles. The van der Waals surface area contributed by atoms with Gasteiger partial charge in [0.1, 0.15) is 12.1 Å². The van der Waals surface area contributed by atoms with Crippen molar-refractivity contribution in [1.29, 1.82) is 0 Å². The minimum atomic E-state index is -0.537. The van der Waals surface area contributed by atoms with Crippen molar-refractivity contribution in [3.8, 4) is 11.4 Å². The average molecular weight is 429 g/mol. The maximum Gasteiger partial charge on any atom is 0.259 e. The van der Waals surface area contributed by atoms with Crippen LogP contribution in [0.1, 0.15) is 31.1 Å². The maximum absolute atomic E-state index is 12.9. The highest BCUT2D eigenvalue weighted by Crippen LogP contribution is 2.30. The first kappa shape index (κ1) is 21.3. The molecule has 30 heavy (non-hydrogen) atoms. The molecule has 0 bridgehead atoms. The van der Waals surface area contributed by atoms with Crippen molar-refractivity contribution in [1.82, 2.24) is 20.2 Å². The van der Waals surface area contributed by atoms with Crippen LogP contribution in [0.2, 0.25) is 5.02 Å². The van der Waals surface area contributed by atoms with E-state index >= 15 is 0 Å². The van der Waals surface area contributed by atoms with E-state index in [4.69, 9.17) is 16.3 Å². The monoisotopic (exact) mass is 428 g/mol. The summed E-state index contributed by atoms with van der Waals surface area (Å²) in [4.78, 5) is 25.0. The molecule has 1 aromatic heterocycles. The van der Waals surface area contributed by atoms with E-state index in [1.165, 1.54) is 24.2 Å². The molecule has 0 atom stereocenters. The summed E-state index contributed by atoms with van der Waals surface area (Å²) < 4.78 is 6.72. The number of halogens is 1. The van der Waals surface area contributed by atoms with Gasteiger partial charge >= 0.3 is 0 Å². The Labute approximate surface area is 178 Å². The van der Waals surface area contributed by atoms with E-state index in [1.54, 1.807) is 30.3 Å². The number of aromatic nitrogens is 4. The fraction of sp³-hybridized carbons (Fsp3) is 0.250. The van der Waals surface area contributed by atoms with Crippen molar-refractivity contribution in [2.24, 2.45) is 5.41 Å². The Morgan fingerprint density at radius 1 is 1.10 bits per heavy atom. The molecule has 0 fully saturated rings. The largest absolute Gasteiger partial charge is 0.496 e. The Morgan fingerprint density at radius 3 is 2.40 bits per heavy atom. The number of nitrogens with zero attached hydrogens (tertiary/aromatic N) is 4. The van der Waals surface area contributed by atoms with Gasteiger partial charge in [-0.1, -0.05) is 38.4 Å². The number of carbonyl (C=O) groups is 2. The Kier molecular flexibility index (Phi) is 6.02. The molecule has 0 aliphatic rings. The SMILES string of the molecule is COc1cc(-n2cnnn2)c(Cl)cc1C(=O)Nc1cccc(NC(=O)C(C)(C)C)c1. The van der Waals surface area contributed by atoms with Crippen LogP contribution in [0.25, 0.3) is 5.69 Å². The van der Waals surface area contributed by atoms with Gasteiger partial charge in [0, 0.05) is 22.9 Å². The quantitative estimate of drug-likeness (QED) is 0.642. The number of amides is 2. The van der Waals surface area contributed by atoms with Gasteiger partial charge in [-0.25, -0.2) is 0 Å². The second-order valence-corrected chi connectivity index (χ2v) is 7.90. The second-order valence-electron chi connectivity index (χ2n) is 7.50.